The molecule has 0 radical (unpaired) electrons. The number of aromatic nitrogens is 2. The van der Waals surface area contributed by atoms with Crippen LogP contribution in [0.4, 0.5) is 0 Å². The van der Waals surface area contributed by atoms with Crippen LogP contribution < -0.4 is 0 Å². The summed E-state index contributed by atoms with van der Waals surface area (Å²) >= 11 is 12.8. The average Bonchev–Trinajstić information content (AvgIpc) is 3.31. The van der Waals surface area contributed by atoms with Gasteiger partial charge in [-0.05, 0) is 42.8 Å². The smallest absolute Gasteiger partial charge is 0.255 e. The van der Waals surface area contributed by atoms with E-state index in [4.69, 9.17) is 28.2 Å². The van der Waals surface area contributed by atoms with Crippen LogP contribution in [0.3, 0.4) is 0 Å². The number of fused-ring (bicyclic) bond motifs is 1. The van der Waals surface area contributed by atoms with Gasteiger partial charge < -0.3 is 9.30 Å². The second kappa shape index (κ2) is 10.9. The van der Waals surface area contributed by atoms with Crippen LogP contribution >= 0.6 is 23.2 Å². The molecule has 1 amide bonds. The van der Waals surface area contributed by atoms with E-state index in [2.05, 4.69) is 58.8 Å². The van der Waals surface area contributed by atoms with E-state index in [1.54, 1.807) is 12.1 Å². The first kappa shape index (κ1) is 25.6. The molecule has 5 aromatic rings. The van der Waals surface area contributed by atoms with Gasteiger partial charge in [0.15, 0.2) is 0 Å². The predicted octanol–water partition coefficient (Wildman–Crippen LogP) is 7.24. The first-order valence-electron chi connectivity index (χ1n) is 13.1. The maximum Gasteiger partial charge on any atom is 0.255 e. The van der Waals surface area contributed by atoms with Crippen LogP contribution in [0.1, 0.15) is 21.6 Å². The summed E-state index contributed by atoms with van der Waals surface area (Å²) in [5, 5.41) is 1.21. The highest BCUT2D eigenvalue weighted by Crippen LogP contribution is 2.31. The van der Waals surface area contributed by atoms with E-state index >= 15 is 0 Å². The number of halogens is 2. The highest BCUT2D eigenvalue weighted by Gasteiger charge is 2.25. The van der Waals surface area contributed by atoms with E-state index < -0.39 is 0 Å². The number of piperazine rings is 1. The highest BCUT2D eigenvalue weighted by molar-refractivity contribution is 6.34. The van der Waals surface area contributed by atoms with Gasteiger partial charge in [0.2, 0.25) is 0 Å². The number of pyridine rings is 1. The number of carbonyl (C=O) groups is 1. The van der Waals surface area contributed by atoms with Crippen molar-refractivity contribution < 1.29 is 4.79 Å². The number of imidazole rings is 1. The van der Waals surface area contributed by atoms with Gasteiger partial charge in [0.1, 0.15) is 5.65 Å². The Bertz CT molecular complexity index is 1650. The molecule has 0 aliphatic carbocycles. The van der Waals surface area contributed by atoms with E-state index in [1.165, 1.54) is 5.56 Å². The molecule has 3 heterocycles. The average molecular weight is 556 g/mol. The number of hydrogen-bond acceptors (Lipinski definition) is 3. The summed E-state index contributed by atoms with van der Waals surface area (Å²) in [7, 11) is 0. The first-order valence-corrected chi connectivity index (χ1v) is 13.8. The molecular weight excluding hydrogens is 527 g/mol. The summed E-state index contributed by atoms with van der Waals surface area (Å²) in [6.07, 6.45) is 2.13. The summed E-state index contributed by atoms with van der Waals surface area (Å²) in [4.78, 5) is 22.4. The molecule has 0 bridgehead atoms. The number of nitrogens with zero attached hydrogens (tertiary/aromatic N) is 4. The van der Waals surface area contributed by atoms with Crippen molar-refractivity contribution in [2.45, 2.75) is 13.5 Å². The maximum atomic E-state index is 13.1. The van der Waals surface area contributed by atoms with Crippen molar-refractivity contribution in [1.82, 2.24) is 19.2 Å². The van der Waals surface area contributed by atoms with Crippen LogP contribution in [0.5, 0.6) is 0 Å². The lowest BCUT2D eigenvalue weighted by molar-refractivity contribution is 0.0627. The van der Waals surface area contributed by atoms with Gasteiger partial charge in [-0.1, -0.05) is 83.4 Å². The van der Waals surface area contributed by atoms with E-state index in [0.717, 1.165) is 51.8 Å². The van der Waals surface area contributed by atoms with E-state index in [0.29, 0.717) is 30.2 Å². The van der Waals surface area contributed by atoms with Gasteiger partial charge >= 0.3 is 0 Å². The molecule has 0 unspecified atom stereocenters. The van der Waals surface area contributed by atoms with Crippen molar-refractivity contribution in [3.63, 3.8) is 0 Å². The lowest BCUT2D eigenvalue weighted by Crippen LogP contribution is -2.48. The van der Waals surface area contributed by atoms with Gasteiger partial charge in [-0.2, -0.15) is 0 Å². The van der Waals surface area contributed by atoms with Gasteiger partial charge in [-0.15, -0.1) is 0 Å². The zero-order valence-electron chi connectivity index (χ0n) is 21.6. The molecule has 5 nitrogen and oxygen atoms in total. The van der Waals surface area contributed by atoms with E-state index in [9.17, 15) is 4.79 Å². The second-order valence-electron chi connectivity index (χ2n) is 9.95. The van der Waals surface area contributed by atoms with Crippen molar-refractivity contribution in [3.05, 3.63) is 118 Å². The van der Waals surface area contributed by atoms with Crippen molar-refractivity contribution in [3.8, 4) is 22.4 Å². The molecule has 1 aliphatic heterocycles. The Morgan fingerprint density at radius 1 is 0.795 bits per heavy atom. The standard InChI is InChI=1S/C32H28Cl2N4O/c1-22-10-12-23(13-11-22)31-29(38-20-24(14-15-30(38)35-31)25-6-2-4-8-27(25)33)21-36-16-18-37(19-17-36)32(39)26-7-3-5-9-28(26)34/h2-15,20H,16-19,21H2,1H3. The molecule has 7 heteroatoms. The molecule has 2 aromatic heterocycles. The van der Waals surface area contributed by atoms with Gasteiger partial charge in [0, 0.05) is 55.1 Å². The fourth-order valence-corrected chi connectivity index (χ4v) is 5.63. The summed E-state index contributed by atoms with van der Waals surface area (Å²) in [5.41, 5.74) is 7.87. The highest BCUT2D eigenvalue weighted by atomic mass is 35.5. The lowest BCUT2D eigenvalue weighted by atomic mass is 10.1. The largest absolute Gasteiger partial charge is 0.336 e. The van der Waals surface area contributed by atoms with Crippen LogP contribution in [0.2, 0.25) is 10.0 Å². The monoisotopic (exact) mass is 554 g/mol. The van der Waals surface area contributed by atoms with Crippen LogP contribution in [0, 0.1) is 6.92 Å². The Labute approximate surface area is 238 Å². The summed E-state index contributed by atoms with van der Waals surface area (Å²) in [5.74, 6) is -0.0141. The Morgan fingerprint density at radius 2 is 1.46 bits per heavy atom. The minimum atomic E-state index is -0.0141. The fourth-order valence-electron chi connectivity index (χ4n) is 5.17. The van der Waals surface area contributed by atoms with Crippen LogP contribution in [0.15, 0.2) is 91.1 Å². The number of hydrogen-bond donors (Lipinski definition) is 0. The predicted molar refractivity (Wildman–Crippen MR) is 158 cm³/mol. The molecule has 1 saturated heterocycles. The minimum absolute atomic E-state index is 0.0141. The molecule has 39 heavy (non-hydrogen) atoms. The molecule has 0 N–H and O–H groups in total. The number of rotatable bonds is 5. The van der Waals surface area contributed by atoms with Crippen molar-refractivity contribution in [2.24, 2.45) is 0 Å². The third-order valence-corrected chi connectivity index (χ3v) is 8.02. The molecule has 1 fully saturated rings. The summed E-state index contributed by atoms with van der Waals surface area (Å²) < 4.78 is 2.19. The molecule has 196 valence electrons. The van der Waals surface area contributed by atoms with Crippen molar-refractivity contribution in [2.75, 3.05) is 26.2 Å². The van der Waals surface area contributed by atoms with E-state index in [-0.39, 0.29) is 5.91 Å². The SMILES string of the molecule is Cc1ccc(-c2nc3ccc(-c4ccccc4Cl)cn3c2CN2CCN(C(=O)c3ccccc3Cl)CC2)cc1. The summed E-state index contributed by atoms with van der Waals surface area (Å²) in [6.45, 7) is 5.62. The third kappa shape index (κ3) is 5.18. The number of amides is 1. The summed E-state index contributed by atoms with van der Waals surface area (Å²) in [6, 6.07) is 27.8. The van der Waals surface area contributed by atoms with Gasteiger partial charge in [-0.3, -0.25) is 9.69 Å². The van der Waals surface area contributed by atoms with Crippen LogP contribution in [0.25, 0.3) is 28.0 Å². The molecular formula is C32H28Cl2N4O. The van der Waals surface area contributed by atoms with Gasteiger partial charge in [-0.25, -0.2) is 4.98 Å². The zero-order chi connectivity index (χ0) is 26.9. The normalized spacial score (nSPS) is 14.2. The molecule has 3 aromatic carbocycles. The molecule has 1 aliphatic rings. The molecule has 6 rings (SSSR count). The van der Waals surface area contributed by atoms with Crippen molar-refractivity contribution in [1.29, 1.82) is 0 Å². The second-order valence-corrected chi connectivity index (χ2v) is 10.8. The fraction of sp³-hybridized carbons (Fsp3) is 0.188. The van der Waals surface area contributed by atoms with Crippen LogP contribution in [-0.4, -0.2) is 51.3 Å². The molecule has 0 spiro atoms. The molecule has 0 saturated carbocycles. The molecule has 0 atom stereocenters. The topological polar surface area (TPSA) is 40.9 Å². The quantitative estimate of drug-likeness (QED) is 0.230. The minimum Gasteiger partial charge on any atom is -0.336 e. The Hall–Kier alpha value is -3.64. The number of carbonyl (C=O) groups excluding carboxylic acids is 1. The van der Waals surface area contributed by atoms with Gasteiger partial charge in [0.05, 0.1) is 22.0 Å². The number of benzene rings is 3. The van der Waals surface area contributed by atoms with Crippen molar-refractivity contribution >= 4 is 34.8 Å². The Kier molecular flexibility index (Phi) is 7.13. The number of aryl methyl sites for hydroxylation is 1. The maximum absolute atomic E-state index is 13.1. The Morgan fingerprint density at radius 3 is 2.18 bits per heavy atom. The third-order valence-electron chi connectivity index (χ3n) is 7.36. The van der Waals surface area contributed by atoms with Gasteiger partial charge in [0.25, 0.3) is 5.91 Å². The zero-order valence-corrected chi connectivity index (χ0v) is 23.2. The first-order chi connectivity index (χ1) is 19.0. The lowest BCUT2D eigenvalue weighted by Gasteiger charge is -2.35. The Balaban J connectivity index is 1.31. The van der Waals surface area contributed by atoms with E-state index in [1.807, 2.05) is 41.3 Å². The van der Waals surface area contributed by atoms with Crippen LogP contribution in [-0.2, 0) is 6.54 Å².